The van der Waals surface area contributed by atoms with E-state index in [4.69, 9.17) is 5.73 Å². The van der Waals surface area contributed by atoms with Gasteiger partial charge in [-0.1, -0.05) is 6.07 Å². The molecule has 0 amide bonds. The van der Waals surface area contributed by atoms with Crippen molar-refractivity contribution in [2.24, 2.45) is 0 Å². The van der Waals surface area contributed by atoms with Crippen LogP contribution in [0.15, 0.2) is 59.2 Å². The maximum absolute atomic E-state index is 5.73. The molecular formula is C15H12BrN3. The van der Waals surface area contributed by atoms with E-state index in [9.17, 15) is 0 Å². The number of aromatic nitrogens is 1. The first-order valence-corrected chi connectivity index (χ1v) is 6.68. The minimum atomic E-state index is 0.736. The first kappa shape index (κ1) is 12.0. The Morgan fingerprint density at radius 2 is 1.95 bits per heavy atom. The molecule has 0 unspecified atom stereocenters. The second-order valence-corrected chi connectivity index (χ2v) is 5.13. The van der Waals surface area contributed by atoms with Gasteiger partial charge in [-0.15, -0.1) is 0 Å². The number of halogens is 1. The molecule has 0 aliphatic carbocycles. The zero-order valence-electron chi connectivity index (χ0n) is 10.1. The van der Waals surface area contributed by atoms with Crippen molar-refractivity contribution in [1.29, 1.82) is 0 Å². The van der Waals surface area contributed by atoms with Gasteiger partial charge in [-0.3, -0.25) is 4.98 Å². The third-order valence-corrected chi connectivity index (χ3v) is 3.53. The van der Waals surface area contributed by atoms with Gasteiger partial charge < -0.3 is 11.1 Å². The van der Waals surface area contributed by atoms with Crippen molar-refractivity contribution in [3.05, 3.63) is 59.2 Å². The van der Waals surface area contributed by atoms with Crippen LogP contribution in [0.1, 0.15) is 0 Å². The van der Waals surface area contributed by atoms with Crippen molar-refractivity contribution in [2.45, 2.75) is 0 Å². The van der Waals surface area contributed by atoms with E-state index in [0.717, 1.165) is 32.4 Å². The number of benzene rings is 2. The molecule has 0 fully saturated rings. The molecule has 19 heavy (non-hydrogen) atoms. The molecule has 3 nitrogen and oxygen atoms in total. The molecule has 1 heterocycles. The van der Waals surface area contributed by atoms with Gasteiger partial charge in [-0.05, 0) is 58.4 Å². The van der Waals surface area contributed by atoms with Crippen molar-refractivity contribution >= 4 is 43.9 Å². The van der Waals surface area contributed by atoms with E-state index in [-0.39, 0.29) is 0 Å². The lowest BCUT2D eigenvalue weighted by atomic mass is 10.2. The van der Waals surface area contributed by atoms with Gasteiger partial charge >= 0.3 is 0 Å². The maximum atomic E-state index is 5.73. The minimum absolute atomic E-state index is 0.736. The highest BCUT2D eigenvalue weighted by molar-refractivity contribution is 9.10. The number of fused-ring (bicyclic) bond motifs is 1. The number of nitrogens with two attached hydrogens (primary N) is 1. The van der Waals surface area contributed by atoms with Gasteiger partial charge in [0.1, 0.15) is 0 Å². The van der Waals surface area contributed by atoms with Gasteiger partial charge in [0.15, 0.2) is 0 Å². The SMILES string of the molecule is Nc1ccc(Nc2ccc3ncccc3c2)c(Br)c1. The van der Waals surface area contributed by atoms with Crippen LogP contribution in [-0.4, -0.2) is 4.98 Å². The Balaban J connectivity index is 1.96. The topological polar surface area (TPSA) is 50.9 Å². The highest BCUT2D eigenvalue weighted by Gasteiger charge is 2.02. The highest BCUT2D eigenvalue weighted by atomic mass is 79.9. The van der Waals surface area contributed by atoms with Gasteiger partial charge in [0.2, 0.25) is 0 Å². The summed E-state index contributed by atoms with van der Waals surface area (Å²) in [6.07, 6.45) is 1.80. The molecule has 0 bridgehead atoms. The number of pyridine rings is 1. The highest BCUT2D eigenvalue weighted by Crippen LogP contribution is 2.28. The summed E-state index contributed by atoms with van der Waals surface area (Å²) in [5.74, 6) is 0. The van der Waals surface area contributed by atoms with Gasteiger partial charge in [0, 0.05) is 27.4 Å². The fourth-order valence-electron chi connectivity index (χ4n) is 1.94. The molecule has 0 aliphatic rings. The van der Waals surface area contributed by atoms with E-state index in [0.29, 0.717) is 0 Å². The van der Waals surface area contributed by atoms with Crippen LogP contribution in [-0.2, 0) is 0 Å². The standard InChI is InChI=1S/C15H12BrN3/c16-13-9-11(17)3-5-15(13)19-12-4-6-14-10(8-12)2-1-7-18-14/h1-9,19H,17H2. The van der Waals surface area contributed by atoms with Crippen LogP contribution in [0, 0.1) is 0 Å². The van der Waals surface area contributed by atoms with Crippen LogP contribution in [0.25, 0.3) is 10.9 Å². The molecule has 3 rings (SSSR count). The number of hydrogen-bond donors (Lipinski definition) is 2. The molecule has 2 aromatic carbocycles. The summed E-state index contributed by atoms with van der Waals surface area (Å²) < 4.78 is 0.943. The lowest BCUT2D eigenvalue weighted by molar-refractivity contribution is 1.41. The molecular weight excluding hydrogens is 302 g/mol. The van der Waals surface area contributed by atoms with Crippen molar-refractivity contribution in [3.63, 3.8) is 0 Å². The molecule has 3 N–H and O–H groups in total. The average molecular weight is 314 g/mol. The Morgan fingerprint density at radius 1 is 1.05 bits per heavy atom. The molecule has 4 heteroatoms. The molecule has 94 valence electrons. The molecule has 0 radical (unpaired) electrons. The van der Waals surface area contributed by atoms with Crippen LogP contribution in [0.3, 0.4) is 0 Å². The number of nitrogen functional groups attached to an aromatic ring is 1. The molecule has 0 saturated heterocycles. The Hall–Kier alpha value is -2.07. The Labute approximate surface area is 119 Å². The lowest BCUT2D eigenvalue weighted by Gasteiger charge is -2.10. The van der Waals surface area contributed by atoms with E-state index in [2.05, 4.69) is 32.3 Å². The smallest absolute Gasteiger partial charge is 0.0703 e. The predicted octanol–water partition coefficient (Wildman–Crippen LogP) is 4.32. The summed E-state index contributed by atoms with van der Waals surface area (Å²) in [6, 6.07) is 15.8. The van der Waals surface area contributed by atoms with E-state index < -0.39 is 0 Å². The van der Waals surface area contributed by atoms with Gasteiger partial charge in [-0.25, -0.2) is 0 Å². The second-order valence-electron chi connectivity index (χ2n) is 4.28. The third-order valence-electron chi connectivity index (χ3n) is 2.88. The summed E-state index contributed by atoms with van der Waals surface area (Å²) in [5.41, 5.74) is 9.46. The van der Waals surface area contributed by atoms with Crippen LogP contribution >= 0.6 is 15.9 Å². The van der Waals surface area contributed by atoms with E-state index in [1.54, 1.807) is 6.20 Å². The van der Waals surface area contributed by atoms with Crippen LogP contribution in [0.5, 0.6) is 0 Å². The normalized spacial score (nSPS) is 10.6. The molecule has 0 atom stereocenters. The first-order chi connectivity index (χ1) is 9.22. The van der Waals surface area contributed by atoms with Crippen LogP contribution in [0.4, 0.5) is 17.1 Å². The summed E-state index contributed by atoms with van der Waals surface area (Å²) in [7, 11) is 0. The lowest BCUT2D eigenvalue weighted by Crippen LogP contribution is -1.93. The van der Waals surface area contributed by atoms with Crippen molar-refractivity contribution < 1.29 is 0 Å². The third kappa shape index (κ3) is 2.53. The second kappa shape index (κ2) is 4.90. The van der Waals surface area contributed by atoms with E-state index >= 15 is 0 Å². The fraction of sp³-hybridized carbons (Fsp3) is 0. The molecule has 3 aromatic rings. The van der Waals surface area contributed by atoms with Crippen molar-refractivity contribution in [2.75, 3.05) is 11.1 Å². The Kier molecular flexibility index (Phi) is 3.09. The largest absolute Gasteiger partial charge is 0.399 e. The predicted molar refractivity (Wildman–Crippen MR) is 83.6 cm³/mol. The quantitative estimate of drug-likeness (QED) is 0.693. The van der Waals surface area contributed by atoms with Gasteiger partial charge in [-0.2, -0.15) is 0 Å². The number of rotatable bonds is 2. The Morgan fingerprint density at radius 3 is 2.79 bits per heavy atom. The Bertz CT molecular complexity index is 740. The van der Waals surface area contributed by atoms with Crippen LogP contribution in [0.2, 0.25) is 0 Å². The minimum Gasteiger partial charge on any atom is -0.399 e. The van der Waals surface area contributed by atoms with Gasteiger partial charge in [0.25, 0.3) is 0 Å². The number of nitrogens with zero attached hydrogens (tertiary/aromatic N) is 1. The van der Waals surface area contributed by atoms with Gasteiger partial charge in [0.05, 0.1) is 11.2 Å². The number of hydrogen-bond acceptors (Lipinski definition) is 3. The molecule has 0 saturated carbocycles. The van der Waals surface area contributed by atoms with E-state index in [1.165, 1.54) is 0 Å². The number of anilines is 3. The zero-order chi connectivity index (χ0) is 13.2. The zero-order valence-corrected chi connectivity index (χ0v) is 11.7. The monoisotopic (exact) mass is 313 g/mol. The summed E-state index contributed by atoms with van der Waals surface area (Å²) in [6.45, 7) is 0. The van der Waals surface area contributed by atoms with Crippen LogP contribution < -0.4 is 11.1 Å². The maximum Gasteiger partial charge on any atom is 0.0703 e. The molecule has 0 spiro atoms. The van der Waals surface area contributed by atoms with Crippen molar-refractivity contribution in [1.82, 2.24) is 4.98 Å². The molecule has 1 aromatic heterocycles. The fourth-order valence-corrected chi connectivity index (χ4v) is 2.44. The number of nitrogens with one attached hydrogen (secondary N) is 1. The average Bonchev–Trinajstić information content (AvgIpc) is 2.42. The first-order valence-electron chi connectivity index (χ1n) is 5.89. The molecule has 0 aliphatic heterocycles. The summed E-state index contributed by atoms with van der Waals surface area (Å²) in [5, 5.41) is 4.47. The van der Waals surface area contributed by atoms with Crippen molar-refractivity contribution in [3.8, 4) is 0 Å². The van der Waals surface area contributed by atoms with E-state index in [1.807, 2.05) is 42.5 Å². The summed E-state index contributed by atoms with van der Waals surface area (Å²) >= 11 is 3.50. The summed E-state index contributed by atoms with van der Waals surface area (Å²) in [4.78, 5) is 4.30.